The van der Waals surface area contributed by atoms with E-state index in [1.54, 1.807) is 48.5 Å². The number of aromatic nitrogens is 2. The number of hydrogen-bond acceptors (Lipinski definition) is 6. The average Bonchev–Trinajstić information content (AvgIpc) is 2.65. The molecule has 1 aromatic heterocycles. The highest BCUT2D eigenvalue weighted by Crippen LogP contribution is 2.21. The lowest BCUT2D eigenvalue weighted by atomic mass is 10.0. The summed E-state index contributed by atoms with van der Waals surface area (Å²) in [5.74, 6) is -0.377. The van der Waals surface area contributed by atoms with E-state index in [-0.39, 0.29) is 23.1 Å². The van der Waals surface area contributed by atoms with Gasteiger partial charge < -0.3 is 16.8 Å². The molecule has 0 atom stereocenters. The smallest absolute Gasteiger partial charge is 0.255 e. The van der Waals surface area contributed by atoms with Gasteiger partial charge in [-0.2, -0.15) is 0 Å². The fourth-order valence-corrected chi connectivity index (χ4v) is 2.26. The van der Waals surface area contributed by atoms with Crippen LogP contribution in [0.3, 0.4) is 0 Å². The van der Waals surface area contributed by atoms with Gasteiger partial charge >= 0.3 is 0 Å². The predicted molar refractivity (Wildman–Crippen MR) is 95.1 cm³/mol. The first-order chi connectivity index (χ1) is 12.1. The van der Waals surface area contributed by atoms with Crippen molar-refractivity contribution >= 4 is 29.0 Å². The third-order valence-electron chi connectivity index (χ3n) is 3.59. The van der Waals surface area contributed by atoms with Crippen LogP contribution in [0.1, 0.15) is 26.3 Å². The predicted octanol–water partition coefficient (Wildman–Crippen LogP) is 2.12. The standard InChI is InChI=1S/C18H15N5O2/c19-16-14(17(20)22-10-21-16)23-18(25)13-8-6-12(7-9-13)15(24)11-4-2-1-3-5-11/h1-10H,(H,23,25)(H4,19,20,21,22). The largest absolute Gasteiger partial charge is 0.382 e. The second kappa shape index (κ2) is 6.79. The zero-order valence-electron chi connectivity index (χ0n) is 13.1. The first-order valence-electron chi connectivity index (χ1n) is 7.43. The number of nitrogen functional groups attached to an aromatic ring is 2. The molecule has 0 saturated heterocycles. The van der Waals surface area contributed by atoms with E-state index in [1.165, 1.54) is 6.33 Å². The number of benzene rings is 2. The molecule has 3 aromatic rings. The lowest BCUT2D eigenvalue weighted by molar-refractivity contribution is 0.102. The molecule has 7 heteroatoms. The van der Waals surface area contributed by atoms with Crippen LogP contribution in [0.2, 0.25) is 0 Å². The Balaban J connectivity index is 1.78. The Hall–Kier alpha value is -3.74. The van der Waals surface area contributed by atoms with Crippen LogP contribution in [-0.2, 0) is 0 Å². The van der Waals surface area contributed by atoms with E-state index in [0.717, 1.165) is 0 Å². The molecule has 0 aliphatic heterocycles. The summed E-state index contributed by atoms with van der Waals surface area (Å²) in [5, 5.41) is 2.58. The van der Waals surface area contributed by atoms with Gasteiger partial charge in [-0.3, -0.25) is 9.59 Å². The second-order valence-electron chi connectivity index (χ2n) is 5.25. The topological polar surface area (TPSA) is 124 Å². The Labute approximate surface area is 143 Å². The molecule has 1 amide bonds. The quantitative estimate of drug-likeness (QED) is 0.628. The van der Waals surface area contributed by atoms with E-state index in [0.29, 0.717) is 16.7 Å². The average molecular weight is 333 g/mol. The van der Waals surface area contributed by atoms with Crippen LogP contribution in [0.15, 0.2) is 60.9 Å². The molecule has 5 N–H and O–H groups in total. The monoisotopic (exact) mass is 333 g/mol. The van der Waals surface area contributed by atoms with Gasteiger partial charge in [-0.15, -0.1) is 0 Å². The van der Waals surface area contributed by atoms with Gasteiger partial charge in [-0.05, 0) is 12.1 Å². The lowest BCUT2D eigenvalue weighted by Gasteiger charge is -2.09. The molecule has 0 fully saturated rings. The summed E-state index contributed by atoms with van der Waals surface area (Å²) in [4.78, 5) is 32.2. The summed E-state index contributed by atoms with van der Waals surface area (Å²) >= 11 is 0. The van der Waals surface area contributed by atoms with Crippen LogP contribution in [0.4, 0.5) is 17.3 Å². The number of carbonyl (C=O) groups excluding carboxylic acids is 2. The molecular formula is C18H15N5O2. The molecule has 3 rings (SSSR count). The zero-order valence-corrected chi connectivity index (χ0v) is 13.1. The summed E-state index contributed by atoms with van der Waals surface area (Å²) < 4.78 is 0. The van der Waals surface area contributed by atoms with Crippen molar-refractivity contribution in [2.75, 3.05) is 16.8 Å². The van der Waals surface area contributed by atoms with Crippen LogP contribution in [-0.4, -0.2) is 21.7 Å². The van der Waals surface area contributed by atoms with Crippen molar-refractivity contribution < 1.29 is 9.59 Å². The molecule has 0 unspecified atom stereocenters. The van der Waals surface area contributed by atoms with E-state index in [1.807, 2.05) is 6.07 Å². The van der Waals surface area contributed by atoms with E-state index < -0.39 is 5.91 Å². The first-order valence-corrected chi connectivity index (χ1v) is 7.43. The molecule has 0 spiro atoms. The van der Waals surface area contributed by atoms with Gasteiger partial charge in [0.15, 0.2) is 17.4 Å². The van der Waals surface area contributed by atoms with E-state index in [2.05, 4.69) is 15.3 Å². The van der Waals surface area contributed by atoms with Crippen molar-refractivity contribution in [2.24, 2.45) is 0 Å². The fourth-order valence-electron chi connectivity index (χ4n) is 2.26. The van der Waals surface area contributed by atoms with Crippen molar-refractivity contribution in [2.45, 2.75) is 0 Å². The number of amides is 1. The van der Waals surface area contributed by atoms with E-state index >= 15 is 0 Å². The summed E-state index contributed by atoms with van der Waals surface area (Å²) in [5.41, 5.74) is 13.0. The highest BCUT2D eigenvalue weighted by molar-refractivity contribution is 6.10. The molecule has 2 aromatic carbocycles. The number of nitrogens with two attached hydrogens (primary N) is 2. The lowest BCUT2D eigenvalue weighted by Crippen LogP contribution is -2.16. The number of carbonyl (C=O) groups is 2. The zero-order chi connectivity index (χ0) is 17.8. The number of rotatable bonds is 4. The van der Waals surface area contributed by atoms with Crippen LogP contribution >= 0.6 is 0 Å². The molecule has 124 valence electrons. The van der Waals surface area contributed by atoms with Crippen molar-refractivity contribution in [3.8, 4) is 0 Å². The number of hydrogen-bond donors (Lipinski definition) is 3. The Morgan fingerprint density at radius 2 is 1.28 bits per heavy atom. The maximum absolute atomic E-state index is 12.4. The van der Waals surface area contributed by atoms with Gasteiger partial charge in [0.25, 0.3) is 5.91 Å². The Kier molecular flexibility index (Phi) is 4.38. The Bertz CT molecular complexity index is 904. The Morgan fingerprint density at radius 1 is 0.760 bits per heavy atom. The van der Waals surface area contributed by atoms with Gasteiger partial charge in [0.05, 0.1) is 0 Å². The first kappa shape index (κ1) is 16.1. The number of nitrogens with zero attached hydrogens (tertiary/aromatic N) is 2. The summed E-state index contributed by atoms with van der Waals surface area (Å²) in [6.45, 7) is 0. The molecule has 1 heterocycles. The van der Waals surface area contributed by atoms with Crippen molar-refractivity contribution in [1.29, 1.82) is 0 Å². The molecule has 0 aliphatic carbocycles. The van der Waals surface area contributed by atoms with Gasteiger partial charge in [0.2, 0.25) is 0 Å². The minimum Gasteiger partial charge on any atom is -0.382 e. The van der Waals surface area contributed by atoms with Crippen molar-refractivity contribution in [3.63, 3.8) is 0 Å². The summed E-state index contributed by atoms with van der Waals surface area (Å²) in [7, 11) is 0. The molecule has 0 aliphatic rings. The normalized spacial score (nSPS) is 10.2. The van der Waals surface area contributed by atoms with Crippen LogP contribution in [0.25, 0.3) is 0 Å². The molecule has 0 saturated carbocycles. The van der Waals surface area contributed by atoms with Crippen LogP contribution < -0.4 is 16.8 Å². The molecule has 25 heavy (non-hydrogen) atoms. The fraction of sp³-hybridized carbons (Fsp3) is 0. The third-order valence-corrected chi connectivity index (χ3v) is 3.59. The van der Waals surface area contributed by atoms with Crippen LogP contribution in [0, 0.1) is 0 Å². The minimum atomic E-state index is -0.424. The highest BCUT2D eigenvalue weighted by Gasteiger charge is 2.14. The van der Waals surface area contributed by atoms with Crippen molar-refractivity contribution in [1.82, 2.24) is 9.97 Å². The Morgan fingerprint density at radius 3 is 1.88 bits per heavy atom. The number of nitrogens with one attached hydrogen (secondary N) is 1. The maximum Gasteiger partial charge on any atom is 0.255 e. The summed E-state index contributed by atoms with van der Waals surface area (Å²) in [6, 6.07) is 15.2. The molecule has 0 radical (unpaired) electrons. The molecule has 0 bridgehead atoms. The highest BCUT2D eigenvalue weighted by atomic mass is 16.1. The number of ketones is 1. The van der Waals surface area contributed by atoms with Gasteiger partial charge in [0.1, 0.15) is 12.0 Å². The third kappa shape index (κ3) is 3.45. The number of anilines is 3. The van der Waals surface area contributed by atoms with Gasteiger partial charge in [-0.1, -0.05) is 42.5 Å². The van der Waals surface area contributed by atoms with Gasteiger partial charge in [-0.25, -0.2) is 9.97 Å². The van der Waals surface area contributed by atoms with Crippen LogP contribution in [0.5, 0.6) is 0 Å². The molecular weight excluding hydrogens is 318 g/mol. The van der Waals surface area contributed by atoms with E-state index in [4.69, 9.17) is 11.5 Å². The summed E-state index contributed by atoms with van der Waals surface area (Å²) in [6.07, 6.45) is 1.21. The SMILES string of the molecule is Nc1ncnc(N)c1NC(=O)c1ccc(C(=O)c2ccccc2)cc1. The maximum atomic E-state index is 12.4. The second-order valence-corrected chi connectivity index (χ2v) is 5.25. The minimum absolute atomic E-state index is 0.0803. The van der Waals surface area contributed by atoms with E-state index in [9.17, 15) is 9.59 Å². The van der Waals surface area contributed by atoms with Crippen molar-refractivity contribution in [3.05, 3.63) is 77.6 Å². The molecule has 7 nitrogen and oxygen atoms in total. The van der Waals surface area contributed by atoms with Gasteiger partial charge in [0, 0.05) is 16.7 Å².